The molecule has 2 aliphatic carbocycles. The third kappa shape index (κ3) is 0.927. The van der Waals surface area contributed by atoms with Crippen molar-refractivity contribution in [1.82, 2.24) is 0 Å². The lowest BCUT2D eigenvalue weighted by atomic mass is 9.75. The molecule has 4 heteroatoms. The molecule has 0 aliphatic heterocycles. The molecule has 0 saturated heterocycles. The van der Waals surface area contributed by atoms with Crippen molar-refractivity contribution in [3.8, 4) is 0 Å². The van der Waals surface area contributed by atoms with Crippen LogP contribution >= 0.6 is 31.9 Å². The van der Waals surface area contributed by atoms with Gasteiger partial charge in [-0.25, -0.2) is 0 Å². The molecule has 0 spiro atoms. The van der Waals surface area contributed by atoms with Crippen LogP contribution in [0.4, 0.5) is 0 Å². The van der Waals surface area contributed by atoms with Crippen LogP contribution in [0.1, 0.15) is 34.5 Å². The van der Waals surface area contributed by atoms with Gasteiger partial charge >= 0.3 is 0 Å². The molecule has 0 bridgehead atoms. The molecule has 1 aromatic carbocycles. The van der Waals surface area contributed by atoms with Gasteiger partial charge in [-0.05, 0) is 22.3 Å². The maximum absolute atomic E-state index is 9.60. The van der Waals surface area contributed by atoms with E-state index < -0.39 is 0 Å². The summed E-state index contributed by atoms with van der Waals surface area (Å²) < 4.78 is 1.99. The van der Waals surface area contributed by atoms with Crippen molar-refractivity contribution in [3.05, 3.63) is 31.2 Å². The Hall–Kier alpha value is 0.1000. The molecule has 0 radical (unpaired) electrons. The van der Waals surface area contributed by atoms with Crippen LogP contribution in [-0.4, -0.2) is 10.2 Å². The average Bonchev–Trinajstić information content (AvgIpc) is 2.06. The monoisotopic (exact) mass is 318 g/mol. The van der Waals surface area contributed by atoms with Gasteiger partial charge in [-0.2, -0.15) is 0 Å². The summed E-state index contributed by atoms with van der Waals surface area (Å²) >= 11 is 6.99. The van der Waals surface area contributed by atoms with Crippen LogP contribution in [0.15, 0.2) is 8.95 Å². The Kier molecular flexibility index (Phi) is 1.88. The molecule has 0 heterocycles. The fourth-order valence-corrected chi connectivity index (χ4v) is 4.01. The zero-order chi connectivity index (χ0) is 10.0. The van der Waals surface area contributed by atoms with Gasteiger partial charge in [-0.15, -0.1) is 0 Å². The number of hydrogen-bond donors (Lipinski definition) is 2. The van der Waals surface area contributed by atoms with E-state index >= 15 is 0 Å². The molecule has 2 atom stereocenters. The maximum Gasteiger partial charge on any atom is 0.0844 e. The summed E-state index contributed by atoms with van der Waals surface area (Å²) in [4.78, 5) is 0. The van der Waals surface area contributed by atoms with E-state index in [1.165, 1.54) is 11.1 Å². The molecule has 14 heavy (non-hydrogen) atoms. The molecule has 3 rings (SSSR count). The van der Waals surface area contributed by atoms with E-state index in [9.17, 15) is 10.2 Å². The first kappa shape index (κ1) is 9.33. The van der Waals surface area contributed by atoms with Crippen LogP contribution in [0.5, 0.6) is 0 Å². The second-order valence-corrected chi connectivity index (χ2v) is 5.44. The zero-order valence-electron chi connectivity index (χ0n) is 7.22. The first-order valence-corrected chi connectivity index (χ1v) is 6.08. The van der Waals surface area contributed by atoms with E-state index in [4.69, 9.17) is 0 Å². The lowest BCUT2D eigenvalue weighted by Crippen LogP contribution is -2.27. The molecule has 0 unspecified atom stereocenters. The fourth-order valence-electron chi connectivity index (χ4n) is 2.25. The number of halogens is 2. The Labute approximate surface area is 98.2 Å². The highest BCUT2D eigenvalue weighted by Gasteiger charge is 2.39. The van der Waals surface area contributed by atoms with Gasteiger partial charge in [0.15, 0.2) is 0 Å². The number of fused-ring (bicyclic) bond motifs is 2. The Morgan fingerprint density at radius 1 is 0.857 bits per heavy atom. The zero-order valence-corrected chi connectivity index (χ0v) is 10.4. The van der Waals surface area contributed by atoms with Gasteiger partial charge in [0.1, 0.15) is 0 Å². The first-order valence-electron chi connectivity index (χ1n) is 4.50. The first-order chi connectivity index (χ1) is 6.61. The predicted molar refractivity (Wildman–Crippen MR) is 59.2 cm³/mol. The summed E-state index contributed by atoms with van der Waals surface area (Å²) in [5, 5.41) is 19.2. The minimum absolute atomic E-state index is 0.367. The Balaban J connectivity index is 2.31. The van der Waals surface area contributed by atoms with Gasteiger partial charge in [0.2, 0.25) is 0 Å². The number of hydrogen-bond acceptors (Lipinski definition) is 2. The number of benzene rings is 1. The summed E-state index contributed by atoms with van der Waals surface area (Å²) in [5.74, 6) is 0. The lowest BCUT2D eigenvalue weighted by Gasteiger charge is -2.37. The smallest absolute Gasteiger partial charge is 0.0844 e. The minimum Gasteiger partial charge on any atom is -0.388 e. The van der Waals surface area contributed by atoms with Crippen molar-refractivity contribution in [2.24, 2.45) is 0 Å². The van der Waals surface area contributed by atoms with E-state index in [-0.39, 0.29) is 12.2 Å². The number of aliphatic hydroxyl groups is 2. The van der Waals surface area contributed by atoms with Crippen molar-refractivity contribution in [2.45, 2.75) is 25.0 Å². The number of rotatable bonds is 0. The Bertz CT molecular complexity index is 405. The molecular weight excluding hydrogens is 312 g/mol. The van der Waals surface area contributed by atoms with Crippen molar-refractivity contribution >= 4 is 31.9 Å². The summed E-state index contributed by atoms with van der Waals surface area (Å²) in [7, 11) is 0. The molecule has 0 amide bonds. The molecule has 1 aromatic rings. The van der Waals surface area contributed by atoms with E-state index in [1.807, 2.05) is 0 Å². The summed E-state index contributed by atoms with van der Waals surface area (Å²) in [6.45, 7) is 0. The van der Waals surface area contributed by atoms with Crippen LogP contribution in [0.2, 0.25) is 0 Å². The molecule has 2 aliphatic rings. The second-order valence-electron chi connectivity index (χ2n) is 3.85. The predicted octanol–water partition coefficient (Wildman–Crippen LogP) is 2.39. The van der Waals surface area contributed by atoms with Crippen molar-refractivity contribution in [1.29, 1.82) is 0 Å². The van der Waals surface area contributed by atoms with Gasteiger partial charge in [-0.3, -0.25) is 0 Å². The van der Waals surface area contributed by atoms with E-state index in [2.05, 4.69) is 31.9 Å². The SMILES string of the molecule is O[C@@H]1Cc2c(Br)c3c(c(Br)c21)[C@@H](O)C3. The molecule has 0 aromatic heterocycles. The third-order valence-corrected chi connectivity index (χ3v) is 4.93. The second kappa shape index (κ2) is 2.82. The van der Waals surface area contributed by atoms with Crippen molar-refractivity contribution in [2.75, 3.05) is 0 Å². The molecular formula is C10H8Br2O2. The lowest BCUT2D eigenvalue weighted by molar-refractivity contribution is 0.138. The van der Waals surface area contributed by atoms with Crippen LogP contribution in [0.25, 0.3) is 0 Å². The largest absolute Gasteiger partial charge is 0.388 e. The van der Waals surface area contributed by atoms with Gasteiger partial charge in [0.25, 0.3) is 0 Å². The standard InChI is InChI=1S/C10H8Br2O2/c11-9-3-1-5(13)7(3)10(12)8-4(9)2-6(8)14/h5-6,13-14H,1-2H2/t5-,6+. The van der Waals surface area contributed by atoms with Gasteiger partial charge in [-0.1, -0.05) is 31.9 Å². The van der Waals surface area contributed by atoms with E-state index in [1.54, 1.807) is 0 Å². The van der Waals surface area contributed by atoms with E-state index in [0.717, 1.165) is 32.9 Å². The van der Waals surface area contributed by atoms with Crippen LogP contribution < -0.4 is 0 Å². The highest BCUT2D eigenvalue weighted by molar-refractivity contribution is 9.11. The number of aliphatic hydroxyl groups excluding tert-OH is 2. The van der Waals surface area contributed by atoms with Gasteiger partial charge < -0.3 is 10.2 Å². The van der Waals surface area contributed by atoms with Gasteiger partial charge in [0, 0.05) is 21.8 Å². The molecule has 2 nitrogen and oxygen atoms in total. The van der Waals surface area contributed by atoms with Crippen LogP contribution in [0.3, 0.4) is 0 Å². The molecule has 74 valence electrons. The minimum atomic E-state index is -0.367. The maximum atomic E-state index is 9.60. The third-order valence-electron chi connectivity index (χ3n) is 3.11. The average molecular weight is 320 g/mol. The van der Waals surface area contributed by atoms with Crippen molar-refractivity contribution < 1.29 is 10.2 Å². The Morgan fingerprint density at radius 3 is 1.64 bits per heavy atom. The fraction of sp³-hybridized carbons (Fsp3) is 0.400. The molecule has 0 fully saturated rings. The summed E-state index contributed by atoms with van der Waals surface area (Å²) in [6, 6.07) is 0. The van der Waals surface area contributed by atoms with Gasteiger partial charge in [0.05, 0.1) is 12.2 Å². The van der Waals surface area contributed by atoms with Crippen LogP contribution in [0, 0.1) is 0 Å². The quantitative estimate of drug-likeness (QED) is 0.771. The molecule has 0 saturated carbocycles. The topological polar surface area (TPSA) is 40.5 Å². The molecule has 2 N–H and O–H groups in total. The van der Waals surface area contributed by atoms with Crippen LogP contribution in [-0.2, 0) is 12.8 Å². The van der Waals surface area contributed by atoms with E-state index in [0.29, 0.717) is 0 Å². The normalized spacial score (nSPS) is 27.4. The Morgan fingerprint density at radius 2 is 1.29 bits per heavy atom. The highest BCUT2D eigenvalue weighted by Crippen LogP contribution is 2.52. The summed E-state index contributed by atoms with van der Waals surface area (Å²) in [6.07, 6.45) is 0.707. The highest BCUT2D eigenvalue weighted by atomic mass is 79.9. The summed E-state index contributed by atoms with van der Waals surface area (Å²) in [5.41, 5.74) is 4.29. The van der Waals surface area contributed by atoms with Crippen molar-refractivity contribution in [3.63, 3.8) is 0 Å².